The van der Waals surface area contributed by atoms with Crippen molar-refractivity contribution in [2.45, 2.75) is 72.6 Å². The number of unbranched alkanes of at least 4 members (excludes halogenated alkanes) is 2. The fourth-order valence-electron chi connectivity index (χ4n) is 2.30. The highest BCUT2D eigenvalue weighted by Gasteiger charge is 2.21. The molecule has 0 bridgehead atoms. The van der Waals surface area contributed by atoms with Gasteiger partial charge in [-0.25, -0.2) is 0 Å². The van der Waals surface area contributed by atoms with Crippen LogP contribution >= 0.6 is 0 Å². The second kappa shape index (κ2) is 8.94. The summed E-state index contributed by atoms with van der Waals surface area (Å²) in [4.78, 5) is 11.8. The van der Waals surface area contributed by atoms with Gasteiger partial charge in [0, 0.05) is 12.3 Å². The van der Waals surface area contributed by atoms with Crippen molar-refractivity contribution in [3.05, 3.63) is 0 Å². The molecule has 0 aliphatic heterocycles. The van der Waals surface area contributed by atoms with Crippen LogP contribution in [0.1, 0.15) is 72.6 Å². The van der Waals surface area contributed by atoms with Gasteiger partial charge in [0.05, 0.1) is 0 Å². The van der Waals surface area contributed by atoms with Gasteiger partial charge in [-0.15, -0.1) is 0 Å². The van der Waals surface area contributed by atoms with Crippen molar-refractivity contribution in [2.75, 3.05) is 0 Å². The average molecular weight is 212 g/mol. The van der Waals surface area contributed by atoms with Crippen molar-refractivity contribution in [1.82, 2.24) is 0 Å². The summed E-state index contributed by atoms with van der Waals surface area (Å²) in [5.41, 5.74) is 0. The van der Waals surface area contributed by atoms with E-state index in [0.717, 1.165) is 19.3 Å². The summed E-state index contributed by atoms with van der Waals surface area (Å²) in [5.74, 6) is 1.39. The van der Waals surface area contributed by atoms with Crippen molar-refractivity contribution in [2.24, 2.45) is 11.8 Å². The fraction of sp³-hybridized carbons (Fsp3) is 0.929. The van der Waals surface area contributed by atoms with Crippen molar-refractivity contribution < 1.29 is 4.79 Å². The van der Waals surface area contributed by atoms with Gasteiger partial charge in [0.25, 0.3) is 0 Å². The molecule has 0 spiro atoms. The van der Waals surface area contributed by atoms with Crippen LogP contribution in [-0.4, -0.2) is 5.78 Å². The molecule has 2 atom stereocenters. The molecule has 0 aromatic rings. The Morgan fingerprint density at radius 2 is 1.73 bits per heavy atom. The lowest BCUT2D eigenvalue weighted by molar-refractivity contribution is -0.124. The Bertz CT molecular complexity index is 163. The van der Waals surface area contributed by atoms with Crippen LogP contribution in [0.2, 0.25) is 0 Å². The van der Waals surface area contributed by atoms with Crippen LogP contribution in [0.3, 0.4) is 0 Å². The molecular weight excluding hydrogens is 184 g/mol. The van der Waals surface area contributed by atoms with Gasteiger partial charge >= 0.3 is 0 Å². The van der Waals surface area contributed by atoms with E-state index in [1.807, 2.05) is 0 Å². The molecular formula is C14H28O. The number of carbonyl (C=O) groups excluding carboxylic acids is 1. The van der Waals surface area contributed by atoms with E-state index in [9.17, 15) is 4.79 Å². The summed E-state index contributed by atoms with van der Waals surface area (Å²) < 4.78 is 0. The predicted molar refractivity (Wildman–Crippen MR) is 67.0 cm³/mol. The minimum atomic E-state index is 0.321. The van der Waals surface area contributed by atoms with E-state index >= 15 is 0 Å². The topological polar surface area (TPSA) is 17.1 Å². The molecule has 0 aromatic heterocycles. The van der Waals surface area contributed by atoms with Crippen LogP contribution in [-0.2, 0) is 4.79 Å². The predicted octanol–water partition coefficient (Wildman–Crippen LogP) is 4.60. The van der Waals surface area contributed by atoms with E-state index in [1.54, 1.807) is 0 Å². The first-order chi connectivity index (χ1) is 7.17. The number of hydrogen-bond acceptors (Lipinski definition) is 1. The highest BCUT2D eigenvalue weighted by Crippen LogP contribution is 2.24. The fourth-order valence-corrected chi connectivity index (χ4v) is 2.30. The molecule has 1 heteroatoms. The quantitative estimate of drug-likeness (QED) is 0.511. The molecule has 0 radical (unpaired) electrons. The van der Waals surface area contributed by atoms with E-state index in [1.165, 1.54) is 25.7 Å². The van der Waals surface area contributed by atoms with Crippen LogP contribution in [0, 0.1) is 11.8 Å². The third-order valence-corrected chi connectivity index (χ3v) is 3.30. The molecule has 15 heavy (non-hydrogen) atoms. The largest absolute Gasteiger partial charge is 0.299 e. The first-order valence-electron chi connectivity index (χ1n) is 6.69. The number of carbonyl (C=O) groups is 1. The minimum absolute atomic E-state index is 0.321. The molecule has 0 aliphatic carbocycles. The SMILES string of the molecule is CCCCC[C@H](C)[C@@H](CC)C(=O)CCC. The molecule has 0 rings (SSSR count). The molecule has 90 valence electrons. The standard InChI is InChI=1S/C14H28O/c1-5-8-9-11-12(4)13(7-3)14(15)10-6-2/h12-13H,5-11H2,1-4H3/t12-,13+/m0/s1. The maximum Gasteiger partial charge on any atom is 0.136 e. The van der Waals surface area contributed by atoms with Gasteiger partial charge in [-0.2, -0.15) is 0 Å². The number of rotatable bonds is 9. The van der Waals surface area contributed by atoms with E-state index in [0.29, 0.717) is 17.6 Å². The van der Waals surface area contributed by atoms with Crippen molar-refractivity contribution in [1.29, 1.82) is 0 Å². The van der Waals surface area contributed by atoms with Crippen LogP contribution in [0.25, 0.3) is 0 Å². The Morgan fingerprint density at radius 3 is 2.20 bits per heavy atom. The Labute approximate surface area is 95.6 Å². The molecule has 0 N–H and O–H groups in total. The summed E-state index contributed by atoms with van der Waals surface area (Å²) in [6.45, 7) is 8.71. The Morgan fingerprint density at radius 1 is 1.07 bits per heavy atom. The Kier molecular flexibility index (Phi) is 8.74. The van der Waals surface area contributed by atoms with E-state index in [2.05, 4.69) is 27.7 Å². The van der Waals surface area contributed by atoms with Crippen molar-refractivity contribution >= 4 is 5.78 Å². The van der Waals surface area contributed by atoms with Gasteiger partial charge in [-0.3, -0.25) is 4.79 Å². The summed E-state index contributed by atoms with van der Waals surface area (Å²) in [5, 5.41) is 0. The van der Waals surface area contributed by atoms with Gasteiger partial charge < -0.3 is 0 Å². The molecule has 0 aromatic carbocycles. The molecule has 1 nitrogen and oxygen atoms in total. The molecule has 0 aliphatic rings. The maximum absolute atomic E-state index is 11.8. The first-order valence-corrected chi connectivity index (χ1v) is 6.69. The smallest absolute Gasteiger partial charge is 0.136 e. The monoisotopic (exact) mass is 212 g/mol. The van der Waals surface area contributed by atoms with Crippen LogP contribution in [0.5, 0.6) is 0 Å². The van der Waals surface area contributed by atoms with E-state index in [4.69, 9.17) is 0 Å². The van der Waals surface area contributed by atoms with E-state index < -0.39 is 0 Å². The zero-order chi connectivity index (χ0) is 11.7. The average Bonchev–Trinajstić information content (AvgIpc) is 2.19. The van der Waals surface area contributed by atoms with Crippen molar-refractivity contribution in [3.8, 4) is 0 Å². The second-order valence-electron chi connectivity index (χ2n) is 4.70. The summed E-state index contributed by atoms with van der Waals surface area (Å²) >= 11 is 0. The number of Topliss-reactive ketones (excluding diaryl/α,β-unsaturated/α-hetero) is 1. The van der Waals surface area contributed by atoms with Crippen LogP contribution < -0.4 is 0 Å². The lowest BCUT2D eigenvalue weighted by Crippen LogP contribution is -2.21. The highest BCUT2D eigenvalue weighted by molar-refractivity contribution is 5.81. The Balaban J connectivity index is 3.97. The minimum Gasteiger partial charge on any atom is -0.299 e. The van der Waals surface area contributed by atoms with Gasteiger partial charge in [0.15, 0.2) is 0 Å². The maximum atomic E-state index is 11.8. The third-order valence-electron chi connectivity index (χ3n) is 3.30. The zero-order valence-corrected chi connectivity index (χ0v) is 11.0. The normalized spacial score (nSPS) is 14.9. The summed E-state index contributed by atoms with van der Waals surface area (Å²) in [7, 11) is 0. The van der Waals surface area contributed by atoms with Crippen LogP contribution in [0.15, 0.2) is 0 Å². The van der Waals surface area contributed by atoms with Gasteiger partial charge in [0.2, 0.25) is 0 Å². The highest BCUT2D eigenvalue weighted by atomic mass is 16.1. The zero-order valence-electron chi connectivity index (χ0n) is 11.0. The molecule has 0 fully saturated rings. The molecule has 0 heterocycles. The number of ketones is 1. The van der Waals surface area contributed by atoms with Crippen LogP contribution in [0.4, 0.5) is 0 Å². The molecule has 0 saturated heterocycles. The van der Waals surface area contributed by atoms with Gasteiger partial charge in [-0.05, 0) is 18.8 Å². The van der Waals surface area contributed by atoms with E-state index in [-0.39, 0.29) is 0 Å². The summed E-state index contributed by atoms with van der Waals surface area (Å²) in [6.07, 6.45) is 7.88. The molecule has 0 saturated carbocycles. The lowest BCUT2D eigenvalue weighted by Gasteiger charge is -2.21. The molecule has 0 unspecified atom stereocenters. The lowest BCUT2D eigenvalue weighted by atomic mass is 9.83. The first kappa shape index (κ1) is 14.7. The van der Waals surface area contributed by atoms with Gasteiger partial charge in [-0.1, -0.05) is 53.4 Å². The third kappa shape index (κ3) is 5.96. The Hall–Kier alpha value is -0.330. The van der Waals surface area contributed by atoms with Gasteiger partial charge in [0.1, 0.15) is 5.78 Å². The second-order valence-corrected chi connectivity index (χ2v) is 4.70. The number of hydrogen-bond donors (Lipinski definition) is 0. The molecule has 0 amide bonds. The van der Waals surface area contributed by atoms with Crippen molar-refractivity contribution in [3.63, 3.8) is 0 Å². The summed E-state index contributed by atoms with van der Waals surface area (Å²) in [6, 6.07) is 0.